The Kier molecular flexibility index (Phi) is 5.05. The molecule has 0 aliphatic carbocycles. The third-order valence-corrected chi connectivity index (χ3v) is 3.10. The Morgan fingerprint density at radius 1 is 1.10 bits per heavy atom. The van der Waals surface area contributed by atoms with Gasteiger partial charge in [-0.1, -0.05) is 24.3 Å². The van der Waals surface area contributed by atoms with Crippen molar-refractivity contribution in [2.75, 3.05) is 30.9 Å². The smallest absolute Gasteiger partial charge is 0.174 e. The van der Waals surface area contributed by atoms with Gasteiger partial charge in [0.25, 0.3) is 0 Å². The first kappa shape index (κ1) is 14.7. The van der Waals surface area contributed by atoms with Crippen molar-refractivity contribution in [3.05, 3.63) is 54.1 Å². The molecule has 0 saturated heterocycles. The Bertz CT molecular complexity index is 615. The fourth-order valence-electron chi connectivity index (χ4n) is 2.03. The first-order valence-electron chi connectivity index (χ1n) is 6.79. The van der Waals surface area contributed by atoms with E-state index in [9.17, 15) is 0 Å². The second-order valence-electron chi connectivity index (χ2n) is 4.86. The molecular formula is C17H19N3O. The molecule has 0 amide bonds. The normalized spacial score (nSPS) is 9.76. The SMILES string of the molecule is CN(C)c1ccccc1NCc1ccc(OCC#N)cc1. The molecule has 0 atom stereocenters. The minimum atomic E-state index is 0.0772. The van der Waals surface area contributed by atoms with E-state index in [1.165, 1.54) is 0 Å². The van der Waals surface area contributed by atoms with Gasteiger partial charge in [0, 0.05) is 20.6 Å². The molecule has 0 aliphatic rings. The molecule has 4 heteroatoms. The highest BCUT2D eigenvalue weighted by Gasteiger charge is 2.03. The second kappa shape index (κ2) is 7.20. The number of ether oxygens (including phenoxy) is 1. The first-order chi connectivity index (χ1) is 10.2. The topological polar surface area (TPSA) is 48.3 Å². The van der Waals surface area contributed by atoms with Crippen LogP contribution in [0.2, 0.25) is 0 Å². The van der Waals surface area contributed by atoms with E-state index in [2.05, 4.69) is 22.3 Å². The van der Waals surface area contributed by atoms with E-state index in [0.717, 1.165) is 23.5 Å². The largest absolute Gasteiger partial charge is 0.479 e. The van der Waals surface area contributed by atoms with Gasteiger partial charge >= 0.3 is 0 Å². The van der Waals surface area contributed by atoms with Gasteiger partial charge < -0.3 is 15.0 Å². The van der Waals surface area contributed by atoms with Crippen LogP contribution in [-0.4, -0.2) is 20.7 Å². The summed E-state index contributed by atoms with van der Waals surface area (Å²) in [7, 11) is 4.06. The molecule has 0 aliphatic heterocycles. The third-order valence-electron chi connectivity index (χ3n) is 3.10. The Labute approximate surface area is 125 Å². The molecule has 2 aromatic rings. The maximum absolute atomic E-state index is 8.47. The molecule has 0 saturated carbocycles. The highest BCUT2D eigenvalue weighted by molar-refractivity contribution is 5.69. The van der Waals surface area contributed by atoms with Gasteiger partial charge in [-0.3, -0.25) is 0 Å². The fraction of sp³-hybridized carbons (Fsp3) is 0.235. The van der Waals surface area contributed by atoms with Gasteiger partial charge in [-0.05, 0) is 29.8 Å². The molecule has 0 radical (unpaired) electrons. The van der Waals surface area contributed by atoms with Crippen molar-refractivity contribution in [1.82, 2.24) is 0 Å². The van der Waals surface area contributed by atoms with Crippen LogP contribution in [0, 0.1) is 11.3 Å². The van der Waals surface area contributed by atoms with Gasteiger partial charge in [0.1, 0.15) is 11.8 Å². The maximum Gasteiger partial charge on any atom is 0.174 e. The first-order valence-corrected chi connectivity index (χ1v) is 6.79. The molecule has 2 aromatic carbocycles. The number of hydrogen-bond donors (Lipinski definition) is 1. The van der Waals surface area contributed by atoms with Crippen LogP contribution in [0.25, 0.3) is 0 Å². The Hall–Kier alpha value is -2.67. The molecule has 0 heterocycles. The number of benzene rings is 2. The summed E-state index contributed by atoms with van der Waals surface area (Å²) >= 11 is 0. The van der Waals surface area contributed by atoms with Crippen LogP contribution >= 0.6 is 0 Å². The minimum Gasteiger partial charge on any atom is -0.479 e. The quantitative estimate of drug-likeness (QED) is 0.883. The van der Waals surface area contributed by atoms with Crippen LogP contribution in [0.15, 0.2) is 48.5 Å². The summed E-state index contributed by atoms with van der Waals surface area (Å²) in [5, 5.41) is 11.9. The van der Waals surface area contributed by atoms with Crippen LogP contribution in [0.5, 0.6) is 5.75 Å². The van der Waals surface area contributed by atoms with E-state index in [0.29, 0.717) is 5.75 Å². The number of nitrogens with one attached hydrogen (secondary N) is 1. The molecule has 108 valence electrons. The number of nitrogens with zero attached hydrogens (tertiary/aromatic N) is 2. The second-order valence-corrected chi connectivity index (χ2v) is 4.86. The van der Waals surface area contributed by atoms with Crippen LogP contribution in [0.1, 0.15) is 5.56 Å². The summed E-state index contributed by atoms with van der Waals surface area (Å²) in [6.45, 7) is 0.817. The van der Waals surface area contributed by atoms with Crippen molar-refractivity contribution < 1.29 is 4.74 Å². The predicted octanol–water partition coefficient (Wildman–Crippen LogP) is 3.27. The van der Waals surface area contributed by atoms with Gasteiger partial charge in [-0.2, -0.15) is 5.26 Å². The number of rotatable bonds is 6. The predicted molar refractivity (Wildman–Crippen MR) is 85.6 cm³/mol. The number of nitriles is 1. The van der Waals surface area contributed by atoms with Crippen molar-refractivity contribution >= 4 is 11.4 Å². The fourth-order valence-corrected chi connectivity index (χ4v) is 2.03. The third kappa shape index (κ3) is 4.15. The van der Waals surface area contributed by atoms with Crippen molar-refractivity contribution in [2.45, 2.75) is 6.54 Å². The molecule has 1 N–H and O–H groups in total. The zero-order valence-corrected chi connectivity index (χ0v) is 12.3. The molecule has 4 nitrogen and oxygen atoms in total. The average molecular weight is 281 g/mol. The van der Waals surface area contributed by atoms with Crippen LogP contribution in [-0.2, 0) is 6.54 Å². The van der Waals surface area contributed by atoms with E-state index < -0.39 is 0 Å². The van der Waals surface area contributed by atoms with Gasteiger partial charge in [-0.25, -0.2) is 0 Å². The van der Waals surface area contributed by atoms with Crippen molar-refractivity contribution in [2.24, 2.45) is 0 Å². The zero-order valence-electron chi connectivity index (χ0n) is 12.3. The molecular weight excluding hydrogens is 262 g/mol. The van der Waals surface area contributed by atoms with Crippen molar-refractivity contribution in [1.29, 1.82) is 5.26 Å². The Balaban J connectivity index is 1.99. The van der Waals surface area contributed by atoms with Crippen molar-refractivity contribution in [3.63, 3.8) is 0 Å². The molecule has 21 heavy (non-hydrogen) atoms. The molecule has 0 bridgehead atoms. The lowest BCUT2D eigenvalue weighted by molar-refractivity contribution is 0.368. The summed E-state index contributed by atoms with van der Waals surface area (Å²) in [5.41, 5.74) is 3.42. The Morgan fingerprint density at radius 2 is 1.81 bits per heavy atom. The van der Waals surface area contributed by atoms with E-state index in [1.54, 1.807) is 0 Å². The lowest BCUT2D eigenvalue weighted by atomic mass is 10.2. The summed E-state index contributed by atoms with van der Waals surface area (Å²) in [6.07, 6.45) is 0. The van der Waals surface area contributed by atoms with E-state index in [4.69, 9.17) is 10.00 Å². The Morgan fingerprint density at radius 3 is 2.48 bits per heavy atom. The van der Waals surface area contributed by atoms with Gasteiger partial charge in [0.2, 0.25) is 0 Å². The van der Waals surface area contributed by atoms with E-state index >= 15 is 0 Å². The summed E-state index contributed by atoms with van der Waals surface area (Å²) in [4.78, 5) is 2.08. The number of anilines is 2. The summed E-state index contributed by atoms with van der Waals surface area (Å²) < 4.78 is 5.24. The highest BCUT2D eigenvalue weighted by Crippen LogP contribution is 2.24. The lowest BCUT2D eigenvalue weighted by Crippen LogP contribution is -2.12. The standard InChI is InChI=1S/C17H19N3O/c1-20(2)17-6-4-3-5-16(17)19-13-14-7-9-15(10-8-14)21-12-11-18/h3-10,19H,12-13H2,1-2H3. The minimum absolute atomic E-state index is 0.0772. The summed E-state index contributed by atoms with van der Waals surface area (Å²) in [6, 6.07) is 17.9. The molecule has 0 fully saturated rings. The maximum atomic E-state index is 8.47. The molecule has 2 rings (SSSR count). The monoisotopic (exact) mass is 281 g/mol. The zero-order chi connectivity index (χ0) is 15.1. The highest BCUT2D eigenvalue weighted by atomic mass is 16.5. The molecule has 0 aromatic heterocycles. The van der Waals surface area contributed by atoms with Crippen LogP contribution in [0.4, 0.5) is 11.4 Å². The van der Waals surface area contributed by atoms with E-state index in [1.807, 2.05) is 56.6 Å². The number of hydrogen-bond acceptors (Lipinski definition) is 4. The van der Waals surface area contributed by atoms with Crippen LogP contribution in [0.3, 0.4) is 0 Å². The molecule has 0 spiro atoms. The van der Waals surface area contributed by atoms with Gasteiger partial charge in [0.05, 0.1) is 11.4 Å². The van der Waals surface area contributed by atoms with Gasteiger partial charge in [0.15, 0.2) is 6.61 Å². The number of para-hydroxylation sites is 2. The van der Waals surface area contributed by atoms with Crippen molar-refractivity contribution in [3.8, 4) is 11.8 Å². The van der Waals surface area contributed by atoms with Crippen LogP contribution < -0.4 is 15.0 Å². The lowest BCUT2D eigenvalue weighted by Gasteiger charge is -2.18. The van der Waals surface area contributed by atoms with Gasteiger partial charge in [-0.15, -0.1) is 0 Å². The average Bonchev–Trinajstić information content (AvgIpc) is 2.52. The summed E-state index contributed by atoms with van der Waals surface area (Å²) in [5.74, 6) is 0.717. The molecule has 0 unspecified atom stereocenters. The van der Waals surface area contributed by atoms with E-state index in [-0.39, 0.29) is 6.61 Å².